The van der Waals surface area contributed by atoms with Gasteiger partial charge < -0.3 is 9.84 Å². The Morgan fingerprint density at radius 3 is 2.67 bits per heavy atom. The highest BCUT2D eigenvalue weighted by Crippen LogP contribution is 2.20. The van der Waals surface area contributed by atoms with E-state index in [9.17, 15) is 9.59 Å². The molecule has 0 heterocycles. The maximum absolute atomic E-state index is 12.4. The van der Waals surface area contributed by atoms with Crippen LogP contribution in [0.1, 0.15) is 30.1 Å². The molecule has 0 saturated heterocycles. The molecule has 1 aromatic rings. The van der Waals surface area contributed by atoms with Gasteiger partial charge in [0.1, 0.15) is 11.9 Å². The van der Waals surface area contributed by atoms with Gasteiger partial charge in [-0.3, -0.25) is 9.59 Å². The number of hydrogen-bond acceptors (Lipinski definition) is 5. The van der Waals surface area contributed by atoms with Gasteiger partial charge in [-0.15, -0.1) is 0 Å². The molecule has 124 valence electrons. The highest BCUT2D eigenvalue weighted by atomic mass is 32.1. The standard InChI is InChI=1S/C18H17NO4S/c1-12(10-17(20)21)23-16-8-4-14(5-9-16)18(22)13-2-6-15(7-3-13)19-11-24/h2-6,8-9,12,15H,7,10H2,1H3,(H,20,21). The molecule has 2 rings (SSSR count). The minimum Gasteiger partial charge on any atom is -0.490 e. The minimum absolute atomic E-state index is 0.0504. The average Bonchev–Trinajstić information content (AvgIpc) is 2.55. The van der Waals surface area contributed by atoms with Gasteiger partial charge in [0.05, 0.1) is 17.6 Å². The van der Waals surface area contributed by atoms with Crippen LogP contribution in [0, 0.1) is 0 Å². The lowest BCUT2D eigenvalue weighted by Gasteiger charge is -2.13. The van der Waals surface area contributed by atoms with Gasteiger partial charge in [-0.2, -0.15) is 0 Å². The summed E-state index contributed by atoms with van der Waals surface area (Å²) >= 11 is 4.57. The maximum atomic E-state index is 12.4. The second kappa shape index (κ2) is 8.34. The largest absolute Gasteiger partial charge is 0.490 e. The topological polar surface area (TPSA) is 76.0 Å². The zero-order valence-corrected chi connectivity index (χ0v) is 14.0. The van der Waals surface area contributed by atoms with E-state index >= 15 is 0 Å². The summed E-state index contributed by atoms with van der Waals surface area (Å²) in [4.78, 5) is 27.0. The van der Waals surface area contributed by atoms with Crippen LogP contribution in [0.15, 0.2) is 53.1 Å². The summed E-state index contributed by atoms with van der Waals surface area (Å²) in [7, 11) is 0. The van der Waals surface area contributed by atoms with E-state index in [1.54, 1.807) is 37.3 Å². The van der Waals surface area contributed by atoms with E-state index in [1.807, 2.05) is 12.2 Å². The number of ether oxygens (including phenoxy) is 1. The van der Waals surface area contributed by atoms with Crippen LogP contribution in [-0.2, 0) is 4.79 Å². The number of carbonyl (C=O) groups excluding carboxylic acids is 1. The van der Waals surface area contributed by atoms with E-state index < -0.39 is 12.1 Å². The first-order valence-electron chi connectivity index (χ1n) is 7.48. The third-order valence-corrected chi connectivity index (χ3v) is 3.58. The summed E-state index contributed by atoms with van der Waals surface area (Å²) < 4.78 is 5.50. The van der Waals surface area contributed by atoms with E-state index in [-0.39, 0.29) is 18.2 Å². The van der Waals surface area contributed by atoms with Gasteiger partial charge in [-0.1, -0.05) is 18.2 Å². The smallest absolute Gasteiger partial charge is 0.307 e. The third-order valence-electron chi connectivity index (χ3n) is 3.47. The van der Waals surface area contributed by atoms with Gasteiger partial charge in [0, 0.05) is 11.1 Å². The lowest BCUT2D eigenvalue weighted by atomic mass is 9.96. The zero-order valence-electron chi connectivity index (χ0n) is 13.1. The molecule has 24 heavy (non-hydrogen) atoms. The van der Waals surface area contributed by atoms with E-state index in [1.165, 1.54) is 0 Å². The van der Waals surface area contributed by atoms with Crippen molar-refractivity contribution < 1.29 is 19.4 Å². The highest BCUT2D eigenvalue weighted by molar-refractivity contribution is 7.78. The molecular weight excluding hydrogens is 326 g/mol. The lowest BCUT2D eigenvalue weighted by molar-refractivity contribution is -0.138. The van der Waals surface area contributed by atoms with Crippen LogP contribution in [0.3, 0.4) is 0 Å². The second-order valence-electron chi connectivity index (χ2n) is 5.42. The fourth-order valence-corrected chi connectivity index (χ4v) is 2.45. The predicted molar refractivity (Wildman–Crippen MR) is 93.8 cm³/mol. The fourth-order valence-electron chi connectivity index (χ4n) is 2.31. The number of aliphatic carboxylic acids is 1. The quantitative estimate of drug-likeness (QED) is 0.466. The number of thiocarbonyl (C=S) groups is 1. The number of hydrogen-bond donors (Lipinski definition) is 1. The Kier molecular flexibility index (Phi) is 6.18. The Balaban J connectivity index is 2.00. The number of allylic oxidation sites excluding steroid dienone is 2. The molecule has 0 radical (unpaired) electrons. The summed E-state index contributed by atoms with van der Waals surface area (Å²) in [6.45, 7) is 1.68. The normalized spacial score (nSPS) is 17.4. The Labute approximate surface area is 145 Å². The predicted octanol–water partition coefficient (Wildman–Crippen LogP) is 3.47. The van der Waals surface area contributed by atoms with Crippen LogP contribution in [0.4, 0.5) is 0 Å². The number of aliphatic imine (C=N–C) groups is 1. The van der Waals surface area contributed by atoms with Gasteiger partial charge in [-0.25, -0.2) is 4.99 Å². The summed E-state index contributed by atoms with van der Waals surface area (Å²) in [5.41, 5.74) is 1.15. The molecule has 0 aromatic heterocycles. The number of carbonyl (C=O) groups is 2. The Hall–Kier alpha value is -2.56. The third kappa shape index (κ3) is 4.98. The van der Waals surface area contributed by atoms with E-state index in [0.29, 0.717) is 23.3 Å². The summed E-state index contributed by atoms with van der Waals surface area (Å²) in [5.74, 6) is -0.466. The van der Waals surface area contributed by atoms with Crippen LogP contribution < -0.4 is 4.74 Å². The number of benzene rings is 1. The molecule has 2 unspecified atom stereocenters. The van der Waals surface area contributed by atoms with Gasteiger partial charge in [0.15, 0.2) is 5.78 Å². The Bertz CT molecular complexity index is 730. The monoisotopic (exact) mass is 343 g/mol. The molecular formula is C18H17NO4S. The van der Waals surface area contributed by atoms with Crippen molar-refractivity contribution in [2.45, 2.75) is 31.9 Å². The molecule has 0 bridgehead atoms. The first-order chi connectivity index (χ1) is 11.5. The first-order valence-corrected chi connectivity index (χ1v) is 7.89. The van der Waals surface area contributed by atoms with Crippen molar-refractivity contribution in [3.63, 3.8) is 0 Å². The molecule has 0 fully saturated rings. The molecule has 1 N–H and O–H groups in total. The molecule has 1 aliphatic rings. The molecule has 0 aliphatic heterocycles. The maximum Gasteiger partial charge on any atom is 0.307 e. The van der Waals surface area contributed by atoms with Crippen molar-refractivity contribution >= 4 is 29.1 Å². The van der Waals surface area contributed by atoms with Gasteiger partial charge in [0.2, 0.25) is 0 Å². The molecule has 1 aliphatic carbocycles. The molecule has 0 amide bonds. The molecule has 0 saturated carbocycles. The van der Waals surface area contributed by atoms with Crippen LogP contribution in [0.2, 0.25) is 0 Å². The van der Waals surface area contributed by atoms with Crippen molar-refractivity contribution in [1.82, 2.24) is 0 Å². The minimum atomic E-state index is -0.915. The van der Waals surface area contributed by atoms with Crippen LogP contribution in [0.25, 0.3) is 0 Å². The van der Waals surface area contributed by atoms with Crippen molar-refractivity contribution in [2.75, 3.05) is 0 Å². The SMILES string of the molecule is CC(CC(=O)O)Oc1ccc(C(=O)C2=CCC(N=C=S)C=C2)cc1. The number of ketones is 1. The number of carboxylic acids is 1. The molecule has 5 nitrogen and oxygen atoms in total. The number of carboxylic acid groups (broad SMARTS) is 1. The summed E-state index contributed by atoms with van der Waals surface area (Å²) in [6, 6.07) is 6.61. The van der Waals surface area contributed by atoms with E-state index in [4.69, 9.17) is 9.84 Å². The number of rotatable bonds is 7. The summed E-state index contributed by atoms with van der Waals surface area (Å²) in [6.07, 6.45) is 5.51. The average molecular weight is 343 g/mol. The second-order valence-corrected chi connectivity index (χ2v) is 5.60. The number of Topliss-reactive ketones (excluding diaryl/α,β-unsaturated/α-hetero) is 1. The Morgan fingerprint density at radius 2 is 2.12 bits per heavy atom. The fraction of sp³-hybridized carbons (Fsp3) is 0.278. The zero-order chi connectivity index (χ0) is 17.5. The summed E-state index contributed by atoms with van der Waals surface area (Å²) in [5, 5.41) is 11.1. The van der Waals surface area contributed by atoms with Crippen molar-refractivity contribution in [3.05, 3.63) is 53.6 Å². The first kappa shape index (κ1) is 17.8. The highest BCUT2D eigenvalue weighted by Gasteiger charge is 2.15. The van der Waals surface area contributed by atoms with Gasteiger partial charge in [-0.05, 0) is 49.8 Å². The van der Waals surface area contributed by atoms with Crippen LogP contribution in [0.5, 0.6) is 5.75 Å². The van der Waals surface area contributed by atoms with Crippen molar-refractivity contribution in [2.24, 2.45) is 4.99 Å². The molecule has 1 aromatic carbocycles. The van der Waals surface area contributed by atoms with Crippen LogP contribution in [-0.4, -0.2) is 34.2 Å². The lowest BCUT2D eigenvalue weighted by Crippen LogP contribution is -2.16. The molecule has 2 atom stereocenters. The van der Waals surface area contributed by atoms with Crippen molar-refractivity contribution in [3.8, 4) is 5.75 Å². The van der Waals surface area contributed by atoms with Gasteiger partial charge >= 0.3 is 5.97 Å². The van der Waals surface area contributed by atoms with Crippen molar-refractivity contribution in [1.29, 1.82) is 0 Å². The van der Waals surface area contributed by atoms with E-state index in [0.717, 1.165) is 0 Å². The number of isothiocyanates is 1. The van der Waals surface area contributed by atoms with Gasteiger partial charge in [0.25, 0.3) is 0 Å². The van der Waals surface area contributed by atoms with Crippen LogP contribution >= 0.6 is 12.2 Å². The van der Waals surface area contributed by atoms with E-state index in [2.05, 4.69) is 22.4 Å². The Morgan fingerprint density at radius 1 is 1.42 bits per heavy atom. The number of nitrogens with zero attached hydrogens (tertiary/aromatic N) is 1. The molecule has 6 heteroatoms. The molecule has 0 spiro atoms.